The van der Waals surface area contributed by atoms with Crippen LogP contribution in [0.5, 0.6) is 0 Å². The predicted octanol–water partition coefficient (Wildman–Crippen LogP) is 3.71. The van der Waals surface area contributed by atoms with Crippen LogP contribution in [-0.2, 0) is 0 Å². The van der Waals surface area contributed by atoms with E-state index in [-0.39, 0.29) is 5.39 Å². The van der Waals surface area contributed by atoms with E-state index in [0.29, 0.717) is 15.9 Å². The summed E-state index contributed by atoms with van der Waals surface area (Å²) in [4.78, 5) is 4.15. The van der Waals surface area contributed by atoms with Crippen molar-refractivity contribution in [1.82, 2.24) is 9.36 Å². The Morgan fingerprint density at radius 3 is 2.33 bits per heavy atom. The molecule has 0 aliphatic carbocycles. The van der Waals surface area contributed by atoms with Gasteiger partial charge in [-0.2, -0.15) is 4.37 Å². The van der Waals surface area contributed by atoms with Crippen molar-refractivity contribution < 1.29 is 17.6 Å². The van der Waals surface area contributed by atoms with Gasteiger partial charge < -0.3 is 0 Å². The van der Waals surface area contributed by atoms with E-state index in [1.54, 1.807) is 6.92 Å². The Hall–Kier alpha value is -1.76. The summed E-state index contributed by atoms with van der Waals surface area (Å²) < 4.78 is 57.3. The third-order valence-electron chi connectivity index (χ3n) is 2.67. The highest BCUT2D eigenvalue weighted by Gasteiger charge is 2.22. The van der Waals surface area contributed by atoms with Crippen molar-refractivity contribution in [3.8, 4) is 0 Å². The molecule has 3 rings (SSSR count). The number of nitrogens with zero attached hydrogens (tertiary/aromatic N) is 2. The van der Waals surface area contributed by atoms with Crippen LogP contribution in [0.2, 0.25) is 0 Å². The first-order chi connectivity index (χ1) is 8.50. The zero-order valence-corrected chi connectivity index (χ0v) is 9.71. The SMILES string of the molecule is Cc1nsc2nc3c(F)c(F)c(F)c(F)c3cc12. The Kier molecular flexibility index (Phi) is 2.28. The molecule has 0 radical (unpaired) electrons. The minimum absolute atomic E-state index is 0.351. The van der Waals surface area contributed by atoms with Gasteiger partial charge in [-0.1, -0.05) is 0 Å². The minimum atomic E-state index is -1.85. The molecule has 0 aliphatic heterocycles. The molecular weight excluding hydrogens is 268 g/mol. The summed E-state index contributed by atoms with van der Waals surface area (Å²) in [5, 5.41) is 0.110. The second-order valence-corrected chi connectivity index (χ2v) is 4.51. The van der Waals surface area contributed by atoms with Crippen LogP contribution >= 0.6 is 11.5 Å². The second kappa shape index (κ2) is 3.61. The molecule has 0 spiro atoms. The van der Waals surface area contributed by atoms with Gasteiger partial charge in [-0.05, 0) is 24.5 Å². The number of hydrogen-bond donors (Lipinski definition) is 0. The van der Waals surface area contributed by atoms with Gasteiger partial charge in [0.25, 0.3) is 0 Å². The Bertz CT molecular complexity index is 797. The molecule has 0 amide bonds. The van der Waals surface area contributed by atoms with E-state index in [4.69, 9.17) is 0 Å². The number of rotatable bonds is 0. The average Bonchev–Trinajstić information content (AvgIpc) is 2.73. The van der Waals surface area contributed by atoms with Gasteiger partial charge in [0.2, 0.25) is 0 Å². The molecule has 2 nitrogen and oxygen atoms in total. The van der Waals surface area contributed by atoms with Crippen molar-refractivity contribution in [3.05, 3.63) is 35.0 Å². The highest BCUT2D eigenvalue weighted by Crippen LogP contribution is 2.30. The summed E-state index contributed by atoms with van der Waals surface area (Å²) in [5.74, 6) is -6.61. The maximum absolute atomic E-state index is 13.6. The van der Waals surface area contributed by atoms with E-state index in [9.17, 15) is 17.6 Å². The van der Waals surface area contributed by atoms with Crippen molar-refractivity contribution in [2.45, 2.75) is 6.92 Å². The lowest BCUT2D eigenvalue weighted by Crippen LogP contribution is -1.99. The van der Waals surface area contributed by atoms with Gasteiger partial charge in [-0.15, -0.1) is 0 Å². The van der Waals surface area contributed by atoms with Gasteiger partial charge in [0.1, 0.15) is 10.3 Å². The normalized spacial score (nSPS) is 11.6. The van der Waals surface area contributed by atoms with Crippen molar-refractivity contribution in [1.29, 1.82) is 0 Å². The van der Waals surface area contributed by atoms with Crippen molar-refractivity contribution in [3.63, 3.8) is 0 Å². The van der Waals surface area contributed by atoms with Crippen LogP contribution in [0.1, 0.15) is 5.69 Å². The quantitative estimate of drug-likeness (QED) is 0.354. The number of hydrogen-bond acceptors (Lipinski definition) is 3. The third kappa shape index (κ3) is 1.34. The smallest absolute Gasteiger partial charge is 0.199 e. The van der Waals surface area contributed by atoms with Crippen molar-refractivity contribution in [2.24, 2.45) is 0 Å². The zero-order valence-electron chi connectivity index (χ0n) is 8.89. The largest absolute Gasteiger partial charge is 0.232 e. The van der Waals surface area contributed by atoms with Crippen LogP contribution in [0.15, 0.2) is 6.07 Å². The minimum Gasteiger partial charge on any atom is -0.232 e. The second-order valence-electron chi connectivity index (χ2n) is 3.76. The fourth-order valence-corrected chi connectivity index (χ4v) is 2.49. The van der Waals surface area contributed by atoms with Crippen LogP contribution in [0.25, 0.3) is 21.1 Å². The summed E-state index contributed by atoms with van der Waals surface area (Å²) in [7, 11) is 0. The number of aryl methyl sites for hydroxylation is 1. The van der Waals surface area contributed by atoms with Gasteiger partial charge in [-0.25, -0.2) is 22.5 Å². The molecule has 0 unspecified atom stereocenters. The summed E-state index contributed by atoms with van der Waals surface area (Å²) in [5.41, 5.74) is 0.0523. The van der Waals surface area contributed by atoms with E-state index in [1.165, 1.54) is 6.07 Å². The van der Waals surface area contributed by atoms with Crippen LogP contribution in [0, 0.1) is 30.2 Å². The van der Waals surface area contributed by atoms with E-state index in [1.807, 2.05) is 0 Å². The van der Waals surface area contributed by atoms with Crippen molar-refractivity contribution in [2.75, 3.05) is 0 Å². The summed E-state index contributed by atoms with van der Waals surface area (Å²) in [6.45, 7) is 1.67. The van der Waals surface area contributed by atoms with Crippen LogP contribution in [0.3, 0.4) is 0 Å². The molecule has 0 bridgehead atoms. The van der Waals surface area contributed by atoms with Crippen LogP contribution < -0.4 is 0 Å². The van der Waals surface area contributed by atoms with Gasteiger partial charge in [0, 0.05) is 10.8 Å². The predicted molar refractivity (Wildman–Crippen MR) is 59.5 cm³/mol. The first kappa shape index (κ1) is 11.3. The van der Waals surface area contributed by atoms with E-state index in [2.05, 4.69) is 9.36 Å². The summed E-state index contributed by atoms with van der Waals surface area (Å²) >= 11 is 0.987. The van der Waals surface area contributed by atoms with Gasteiger partial charge in [0.05, 0.1) is 5.69 Å². The molecule has 0 saturated heterocycles. The van der Waals surface area contributed by atoms with E-state index >= 15 is 0 Å². The molecule has 0 N–H and O–H groups in total. The first-order valence-corrected chi connectivity index (χ1v) is 5.66. The Labute approximate surface area is 102 Å². The molecule has 18 heavy (non-hydrogen) atoms. The van der Waals surface area contributed by atoms with Gasteiger partial charge >= 0.3 is 0 Å². The number of fused-ring (bicyclic) bond motifs is 2. The number of benzene rings is 1. The molecule has 2 aromatic heterocycles. The maximum Gasteiger partial charge on any atom is 0.199 e. The zero-order chi connectivity index (χ0) is 13.0. The molecule has 92 valence electrons. The Morgan fingerprint density at radius 2 is 1.61 bits per heavy atom. The average molecular weight is 272 g/mol. The molecule has 1 aromatic carbocycles. The van der Waals surface area contributed by atoms with E-state index < -0.39 is 28.8 Å². The molecular formula is C11H4F4N2S. The fraction of sp³-hybridized carbons (Fsp3) is 0.0909. The van der Waals surface area contributed by atoms with Crippen LogP contribution in [0.4, 0.5) is 17.6 Å². The number of halogens is 4. The molecule has 3 aromatic rings. The Balaban J connectivity index is 2.59. The van der Waals surface area contributed by atoms with Gasteiger partial charge in [0.15, 0.2) is 23.3 Å². The standard InChI is InChI=1S/C11H4F4N2S/c1-3-4-2-5-6(12)7(13)8(14)9(15)10(5)16-11(4)18-17-3/h2H,1H3. The van der Waals surface area contributed by atoms with Crippen LogP contribution in [-0.4, -0.2) is 9.36 Å². The fourth-order valence-electron chi connectivity index (χ4n) is 1.74. The summed E-state index contributed by atoms with van der Waals surface area (Å²) in [6, 6.07) is 1.23. The van der Waals surface area contributed by atoms with Crippen molar-refractivity contribution >= 4 is 32.7 Å². The van der Waals surface area contributed by atoms with Gasteiger partial charge in [-0.3, -0.25) is 0 Å². The lowest BCUT2D eigenvalue weighted by atomic mass is 10.1. The highest BCUT2D eigenvalue weighted by molar-refractivity contribution is 7.13. The molecule has 0 aliphatic rings. The molecule has 0 saturated carbocycles. The number of pyridine rings is 1. The Morgan fingerprint density at radius 1 is 0.944 bits per heavy atom. The molecule has 0 atom stereocenters. The van der Waals surface area contributed by atoms with E-state index in [0.717, 1.165) is 11.5 Å². The summed E-state index contributed by atoms with van der Waals surface area (Å²) in [6.07, 6.45) is 0. The highest BCUT2D eigenvalue weighted by atomic mass is 32.1. The topological polar surface area (TPSA) is 25.8 Å². The molecule has 2 heterocycles. The lowest BCUT2D eigenvalue weighted by molar-refractivity contribution is 0.417. The maximum atomic E-state index is 13.6. The molecule has 7 heteroatoms. The first-order valence-electron chi connectivity index (χ1n) is 4.89. The number of aromatic nitrogens is 2. The monoisotopic (exact) mass is 272 g/mol. The lowest BCUT2D eigenvalue weighted by Gasteiger charge is -2.04. The third-order valence-corrected chi connectivity index (χ3v) is 3.52. The molecule has 0 fully saturated rings.